The number of thiophene rings is 1. The molecule has 1 amide bonds. The second-order valence-corrected chi connectivity index (χ2v) is 8.51. The Morgan fingerprint density at radius 2 is 1.76 bits per heavy atom. The molecule has 0 aliphatic heterocycles. The monoisotopic (exact) mass is 550 g/mol. The molecule has 0 aliphatic rings. The number of carbonyl (C=O) groups excluding carboxylic acids is 2. The standard InChI is InChI=1S/C16H20N2OS2.C7H12O.2C2H6.C2H4.CH2O/c1-4-6-9-15(19)18(3)11-14-12(5-2)17-16(21-14)13-8-7-10-20-13;1-4-5-6-8-7(2)3;4*1-2/h6-10H,4-5,11H2,1-3H3;4-7H,1H2,2-3H3;2*1-2H3;1-2H2;1H2/b9-6+;6-5+;;;;. The van der Waals surface area contributed by atoms with Crippen LogP contribution >= 0.6 is 22.7 Å². The fourth-order valence-corrected chi connectivity index (χ4v) is 4.19. The van der Waals surface area contributed by atoms with E-state index >= 15 is 0 Å². The van der Waals surface area contributed by atoms with Crippen molar-refractivity contribution in [2.24, 2.45) is 0 Å². The summed E-state index contributed by atoms with van der Waals surface area (Å²) in [4.78, 5) is 28.8. The average Bonchev–Trinajstić information content (AvgIpc) is 3.62. The van der Waals surface area contributed by atoms with Crippen LogP contribution in [0.1, 0.15) is 72.4 Å². The van der Waals surface area contributed by atoms with E-state index < -0.39 is 0 Å². The van der Waals surface area contributed by atoms with Crippen molar-refractivity contribution < 1.29 is 14.3 Å². The first kappa shape index (κ1) is 41.4. The van der Waals surface area contributed by atoms with Gasteiger partial charge in [0.05, 0.1) is 29.5 Å². The van der Waals surface area contributed by atoms with Crippen LogP contribution in [0.4, 0.5) is 0 Å². The third-order valence-electron chi connectivity index (χ3n) is 3.66. The molecule has 0 aromatic carbocycles. The molecule has 0 saturated carbocycles. The first-order valence-electron chi connectivity index (χ1n) is 12.6. The summed E-state index contributed by atoms with van der Waals surface area (Å²) in [7, 11) is 1.84. The summed E-state index contributed by atoms with van der Waals surface area (Å²) in [6, 6.07) is 4.13. The number of likely N-dealkylation sites (N-methyl/N-ethyl adjacent to an activating group) is 1. The van der Waals surface area contributed by atoms with Gasteiger partial charge in [-0.25, -0.2) is 4.98 Å². The molecule has 5 nitrogen and oxygen atoms in total. The lowest BCUT2D eigenvalue weighted by molar-refractivity contribution is -0.125. The predicted molar refractivity (Wildman–Crippen MR) is 167 cm³/mol. The van der Waals surface area contributed by atoms with Gasteiger partial charge in [-0.3, -0.25) is 4.79 Å². The zero-order valence-corrected chi connectivity index (χ0v) is 26.2. The number of carbonyl (C=O) groups is 2. The van der Waals surface area contributed by atoms with Crippen molar-refractivity contribution in [3.05, 3.63) is 78.4 Å². The van der Waals surface area contributed by atoms with Gasteiger partial charge in [0, 0.05) is 11.9 Å². The average molecular weight is 551 g/mol. The van der Waals surface area contributed by atoms with Gasteiger partial charge in [-0.05, 0) is 50.3 Å². The van der Waals surface area contributed by atoms with Crippen LogP contribution in [-0.4, -0.2) is 35.7 Å². The second-order valence-electron chi connectivity index (χ2n) is 6.47. The molecule has 0 aliphatic carbocycles. The van der Waals surface area contributed by atoms with Gasteiger partial charge >= 0.3 is 0 Å². The van der Waals surface area contributed by atoms with E-state index in [1.807, 2.05) is 74.4 Å². The molecule has 2 heterocycles. The minimum Gasteiger partial charge on any atom is -0.499 e. The van der Waals surface area contributed by atoms with Crippen LogP contribution in [0.3, 0.4) is 0 Å². The highest BCUT2D eigenvalue weighted by atomic mass is 32.1. The number of thiazole rings is 1. The fraction of sp³-hybridized carbons (Fsp3) is 0.433. The number of rotatable bonds is 9. The molecule has 2 rings (SSSR count). The molecular formula is C30H50N2O3S2. The Bertz CT molecular complexity index is 824. The Morgan fingerprint density at radius 1 is 1.16 bits per heavy atom. The Balaban J connectivity index is -0.000000286. The van der Waals surface area contributed by atoms with Crippen molar-refractivity contribution in [1.82, 2.24) is 9.88 Å². The van der Waals surface area contributed by atoms with E-state index in [1.54, 1.807) is 52.1 Å². The van der Waals surface area contributed by atoms with E-state index in [0.717, 1.165) is 23.5 Å². The highest BCUT2D eigenvalue weighted by Gasteiger charge is 2.15. The summed E-state index contributed by atoms with van der Waals surface area (Å²) in [5.74, 6) is 0.0463. The van der Waals surface area contributed by atoms with Gasteiger partial charge in [0.15, 0.2) is 0 Å². The molecule has 0 unspecified atom stereocenters. The van der Waals surface area contributed by atoms with E-state index in [2.05, 4.69) is 38.1 Å². The van der Waals surface area contributed by atoms with Crippen molar-refractivity contribution in [3.63, 3.8) is 0 Å². The fourth-order valence-electron chi connectivity index (χ4n) is 2.19. The molecule has 0 radical (unpaired) electrons. The molecule has 0 saturated heterocycles. The van der Waals surface area contributed by atoms with Crippen LogP contribution < -0.4 is 0 Å². The lowest BCUT2D eigenvalue weighted by Crippen LogP contribution is -2.24. The van der Waals surface area contributed by atoms with Gasteiger partial charge in [0.25, 0.3) is 0 Å². The summed E-state index contributed by atoms with van der Waals surface area (Å²) >= 11 is 3.39. The van der Waals surface area contributed by atoms with Gasteiger partial charge in [0.2, 0.25) is 5.91 Å². The SMILES string of the molecule is C=C.C=C/C=C/OC(C)C.C=O.CC.CC.CC/C=C/C(=O)N(C)Cc1sc(-c2cccs2)nc1CC. The third-order valence-corrected chi connectivity index (χ3v) is 5.79. The van der Waals surface area contributed by atoms with E-state index in [-0.39, 0.29) is 12.0 Å². The largest absolute Gasteiger partial charge is 0.499 e. The van der Waals surface area contributed by atoms with Crippen LogP contribution in [0.2, 0.25) is 0 Å². The molecule has 37 heavy (non-hydrogen) atoms. The van der Waals surface area contributed by atoms with Crippen LogP contribution in [0.15, 0.2) is 67.8 Å². The minimum atomic E-state index is 0.0463. The van der Waals surface area contributed by atoms with Crippen molar-refractivity contribution in [1.29, 1.82) is 0 Å². The Morgan fingerprint density at radius 3 is 2.19 bits per heavy atom. The normalized spacial score (nSPS) is 9.14. The van der Waals surface area contributed by atoms with Crippen LogP contribution in [0.25, 0.3) is 9.88 Å². The van der Waals surface area contributed by atoms with Crippen molar-refractivity contribution in [2.75, 3.05) is 7.05 Å². The maximum atomic E-state index is 12.0. The predicted octanol–water partition coefficient (Wildman–Crippen LogP) is 9.14. The van der Waals surface area contributed by atoms with Gasteiger partial charge in [-0.15, -0.1) is 35.8 Å². The first-order chi connectivity index (χ1) is 17.9. The maximum Gasteiger partial charge on any atom is 0.246 e. The third kappa shape index (κ3) is 21.1. The lowest BCUT2D eigenvalue weighted by atomic mass is 10.3. The minimum absolute atomic E-state index is 0.0463. The molecule has 2 aromatic rings. The van der Waals surface area contributed by atoms with Crippen LogP contribution in [0.5, 0.6) is 0 Å². The summed E-state index contributed by atoms with van der Waals surface area (Å²) in [6.45, 7) is 28.2. The van der Waals surface area contributed by atoms with Gasteiger partial charge in [-0.2, -0.15) is 0 Å². The number of aryl methyl sites for hydroxylation is 1. The molecule has 0 spiro atoms. The molecule has 0 N–H and O–H groups in total. The molecular weight excluding hydrogens is 500 g/mol. The number of hydrogen-bond acceptors (Lipinski definition) is 6. The second kappa shape index (κ2) is 31.3. The maximum absolute atomic E-state index is 12.0. The van der Waals surface area contributed by atoms with E-state index in [4.69, 9.17) is 14.5 Å². The summed E-state index contributed by atoms with van der Waals surface area (Å²) in [5.41, 5.74) is 1.10. The molecule has 210 valence electrons. The van der Waals surface area contributed by atoms with Crippen LogP contribution in [-0.2, 0) is 27.3 Å². The number of ether oxygens (including phenoxy) is 1. The van der Waals surface area contributed by atoms with Gasteiger partial charge in [-0.1, -0.05) is 66.3 Å². The molecule has 0 atom stereocenters. The topological polar surface area (TPSA) is 59.5 Å². The van der Waals surface area contributed by atoms with Gasteiger partial charge < -0.3 is 14.4 Å². The van der Waals surface area contributed by atoms with Gasteiger partial charge in [0.1, 0.15) is 11.8 Å². The summed E-state index contributed by atoms with van der Waals surface area (Å²) < 4.78 is 5.03. The summed E-state index contributed by atoms with van der Waals surface area (Å²) in [6.07, 6.45) is 10.7. The Kier molecular flexibility index (Phi) is 34.9. The van der Waals surface area contributed by atoms with E-state index in [9.17, 15) is 4.79 Å². The van der Waals surface area contributed by atoms with E-state index in [1.165, 1.54) is 9.75 Å². The number of hydrogen-bond donors (Lipinski definition) is 0. The number of aromatic nitrogens is 1. The summed E-state index contributed by atoms with van der Waals surface area (Å²) in [5, 5.41) is 3.12. The van der Waals surface area contributed by atoms with Crippen molar-refractivity contribution >= 4 is 35.4 Å². The first-order valence-corrected chi connectivity index (χ1v) is 14.3. The van der Waals surface area contributed by atoms with Crippen molar-refractivity contribution in [3.8, 4) is 9.88 Å². The van der Waals surface area contributed by atoms with Crippen molar-refractivity contribution in [2.45, 2.75) is 80.9 Å². The smallest absolute Gasteiger partial charge is 0.246 e. The molecule has 0 fully saturated rings. The zero-order valence-electron chi connectivity index (χ0n) is 24.6. The zero-order chi connectivity index (χ0) is 29.6. The number of nitrogens with zero attached hydrogens (tertiary/aromatic N) is 2. The number of amides is 1. The quantitative estimate of drug-likeness (QED) is 0.135. The Hall–Kier alpha value is -2.77. The molecule has 0 bridgehead atoms. The highest BCUT2D eigenvalue weighted by Crippen LogP contribution is 2.32. The highest BCUT2D eigenvalue weighted by molar-refractivity contribution is 7.21. The number of allylic oxidation sites excluding steroid dienone is 3. The molecule has 7 heteroatoms. The van der Waals surface area contributed by atoms with E-state index in [0.29, 0.717) is 6.54 Å². The lowest BCUT2D eigenvalue weighted by Gasteiger charge is -2.14. The van der Waals surface area contributed by atoms with Crippen LogP contribution in [0, 0.1) is 0 Å². The molecule has 2 aromatic heterocycles. The Labute approximate surface area is 235 Å².